The number of amides is 3. The minimum atomic E-state index is -0.866. The Hall–Kier alpha value is -4.65. The van der Waals surface area contributed by atoms with E-state index in [-0.39, 0.29) is 43.3 Å². The standard InChI is InChI=1S/C28H28N6O6S/c1-3-39-27(38)18-9-11-19(12-10-18)29-23(35)15-21-26(37)34(20-13-14-20)28(41)33(21)16-22-25(40-31-32(22)2)30-24(36)17-7-5-4-6-8-17/h4-12,20-21H,3,13-16H2,1-2H3,(H-,29,30,31,35,36,38)/p+1. The van der Waals surface area contributed by atoms with Gasteiger partial charge in [-0.15, -0.1) is 0 Å². The fourth-order valence-electron chi connectivity index (χ4n) is 4.54. The number of ether oxygens (including phenoxy) is 1. The van der Waals surface area contributed by atoms with Crippen LogP contribution < -0.4 is 15.3 Å². The molecule has 5 rings (SSSR count). The van der Waals surface area contributed by atoms with Crippen LogP contribution in [0.5, 0.6) is 0 Å². The Labute approximate surface area is 241 Å². The summed E-state index contributed by atoms with van der Waals surface area (Å²) in [5, 5.41) is 9.77. The van der Waals surface area contributed by atoms with E-state index in [1.807, 2.05) is 6.07 Å². The van der Waals surface area contributed by atoms with E-state index in [1.54, 1.807) is 72.3 Å². The average molecular weight is 578 g/mol. The average Bonchev–Trinajstić information content (AvgIpc) is 3.70. The number of anilines is 2. The zero-order valence-corrected chi connectivity index (χ0v) is 23.3. The third-order valence-electron chi connectivity index (χ3n) is 6.81. The molecule has 2 aliphatic rings. The zero-order chi connectivity index (χ0) is 29.1. The molecule has 2 fully saturated rings. The Kier molecular flexibility index (Phi) is 8.06. The molecule has 2 N–H and O–H groups in total. The maximum absolute atomic E-state index is 13.5. The molecule has 2 aromatic carbocycles. The maximum atomic E-state index is 13.5. The Morgan fingerprint density at radius 2 is 1.78 bits per heavy atom. The number of benzene rings is 2. The van der Waals surface area contributed by atoms with Gasteiger partial charge in [0.1, 0.15) is 12.6 Å². The summed E-state index contributed by atoms with van der Waals surface area (Å²) in [7, 11) is 1.65. The van der Waals surface area contributed by atoms with Crippen LogP contribution in [0.2, 0.25) is 0 Å². The molecule has 0 bridgehead atoms. The molecule has 212 valence electrons. The highest BCUT2D eigenvalue weighted by Crippen LogP contribution is 2.35. The van der Waals surface area contributed by atoms with Crippen molar-refractivity contribution >= 4 is 52.6 Å². The fraction of sp³-hybridized carbons (Fsp3) is 0.321. The molecular weight excluding hydrogens is 548 g/mol. The van der Waals surface area contributed by atoms with Gasteiger partial charge in [-0.3, -0.25) is 29.1 Å². The molecule has 1 atom stereocenters. The number of thiocarbonyl (C=S) groups is 1. The summed E-state index contributed by atoms with van der Waals surface area (Å²) in [4.78, 5) is 54.5. The van der Waals surface area contributed by atoms with Gasteiger partial charge in [-0.1, -0.05) is 18.2 Å². The van der Waals surface area contributed by atoms with Crippen molar-refractivity contribution in [3.63, 3.8) is 0 Å². The molecule has 1 aliphatic carbocycles. The number of aromatic nitrogens is 2. The minimum Gasteiger partial charge on any atom is -0.462 e. The van der Waals surface area contributed by atoms with E-state index in [9.17, 15) is 19.2 Å². The third-order valence-corrected chi connectivity index (χ3v) is 7.24. The Bertz CT molecular complexity index is 1490. The Morgan fingerprint density at radius 3 is 2.44 bits per heavy atom. The summed E-state index contributed by atoms with van der Waals surface area (Å²) in [5.74, 6) is -1.36. The zero-order valence-electron chi connectivity index (χ0n) is 22.5. The van der Waals surface area contributed by atoms with Crippen LogP contribution in [0.15, 0.2) is 59.1 Å². The largest absolute Gasteiger partial charge is 0.462 e. The molecule has 1 saturated heterocycles. The van der Waals surface area contributed by atoms with Gasteiger partial charge in [0.05, 0.1) is 18.6 Å². The van der Waals surface area contributed by atoms with Crippen LogP contribution in [-0.2, 0) is 27.9 Å². The van der Waals surface area contributed by atoms with Crippen molar-refractivity contribution in [1.29, 1.82) is 0 Å². The highest BCUT2D eigenvalue weighted by atomic mass is 32.1. The molecule has 41 heavy (non-hydrogen) atoms. The van der Waals surface area contributed by atoms with E-state index in [0.717, 1.165) is 12.8 Å². The van der Waals surface area contributed by atoms with Gasteiger partial charge >= 0.3 is 11.9 Å². The van der Waals surface area contributed by atoms with Crippen molar-refractivity contribution in [1.82, 2.24) is 15.1 Å². The first-order valence-corrected chi connectivity index (χ1v) is 13.6. The normalized spacial score (nSPS) is 16.6. The third kappa shape index (κ3) is 6.09. The van der Waals surface area contributed by atoms with Crippen molar-refractivity contribution in [2.75, 3.05) is 17.2 Å². The molecule has 0 radical (unpaired) electrons. The second-order valence-corrected chi connectivity index (χ2v) is 10.1. The molecule has 13 heteroatoms. The molecule has 2 heterocycles. The molecule has 1 unspecified atom stereocenters. The fourth-order valence-corrected chi connectivity index (χ4v) is 4.97. The molecule has 3 amide bonds. The highest BCUT2D eigenvalue weighted by Gasteiger charge is 2.50. The first-order chi connectivity index (χ1) is 19.8. The van der Waals surface area contributed by atoms with Gasteiger partial charge < -0.3 is 15.0 Å². The molecule has 1 aliphatic heterocycles. The second-order valence-electron chi connectivity index (χ2n) is 9.71. The van der Waals surface area contributed by atoms with Gasteiger partial charge in [0, 0.05) is 17.3 Å². The van der Waals surface area contributed by atoms with Gasteiger partial charge in [-0.25, -0.2) is 4.79 Å². The molecular formula is C28H29N6O6S+. The van der Waals surface area contributed by atoms with Gasteiger partial charge in [0.25, 0.3) is 17.5 Å². The number of rotatable bonds is 10. The molecule has 1 saturated carbocycles. The lowest BCUT2D eigenvalue weighted by Gasteiger charge is -2.22. The smallest absolute Gasteiger partial charge is 0.338 e. The molecule has 1 aromatic heterocycles. The van der Waals surface area contributed by atoms with Crippen molar-refractivity contribution < 1.29 is 33.1 Å². The van der Waals surface area contributed by atoms with E-state index in [1.165, 1.54) is 4.68 Å². The predicted octanol–water partition coefficient (Wildman–Crippen LogP) is 2.42. The van der Waals surface area contributed by atoms with Crippen molar-refractivity contribution in [3.8, 4) is 0 Å². The number of carbonyl (C=O) groups is 4. The summed E-state index contributed by atoms with van der Waals surface area (Å²) < 4.78 is 11.8. The predicted molar refractivity (Wildman–Crippen MR) is 150 cm³/mol. The summed E-state index contributed by atoms with van der Waals surface area (Å²) in [6.07, 6.45) is 1.51. The Balaban J connectivity index is 1.32. The second kappa shape index (κ2) is 11.8. The van der Waals surface area contributed by atoms with Gasteiger partial charge in [0.15, 0.2) is 12.2 Å². The van der Waals surface area contributed by atoms with Crippen LogP contribution in [0.25, 0.3) is 0 Å². The number of esters is 1. The van der Waals surface area contributed by atoms with Crippen molar-refractivity contribution in [2.24, 2.45) is 7.05 Å². The van der Waals surface area contributed by atoms with Crippen LogP contribution in [0.4, 0.5) is 11.6 Å². The number of carbonyl (C=O) groups excluding carboxylic acids is 4. The van der Waals surface area contributed by atoms with Crippen molar-refractivity contribution in [2.45, 2.75) is 44.8 Å². The first kappa shape index (κ1) is 27.9. The van der Waals surface area contributed by atoms with Crippen LogP contribution in [0.1, 0.15) is 52.6 Å². The summed E-state index contributed by atoms with van der Waals surface area (Å²) in [6.45, 7) is 2.06. The van der Waals surface area contributed by atoms with Crippen LogP contribution in [0, 0.1) is 0 Å². The molecule has 3 aromatic rings. The lowest BCUT2D eigenvalue weighted by atomic mass is 10.1. The van der Waals surface area contributed by atoms with Gasteiger partial charge in [0.2, 0.25) is 11.2 Å². The van der Waals surface area contributed by atoms with Crippen LogP contribution in [-0.4, -0.2) is 62.6 Å². The first-order valence-electron chi connectivity index (χ1n) is 13.2. The van der Waals surface area contributed by atoms with E-state index in [2.05, 4.69) is 15.9 Å². The SMILES string of the molecule is CCOC(=O)c1ccc(NC(=O)CC2C(=O)N(C3CC3)C(=S)N2Cc2c(NC(=O)c3ccccc3)on[n+]2C)cc1. The lowest BCUT2D eigenvalue weighted by Crippen LogP contribution is -2.43. The summed E-state index contributed by atoms with van der Waals surface area (Å²) in [5.41, 5.74) is 1.75. The van der Waals surface area contributed by atoms with Crippen LogP contribution in [0.3, 0.4) is 0 Å². The quantitative estimate of drug-likeness (QED) is 0.211. The van der Waals surface area contributed by atoms with Crippen molar-refractivity contribution in [3.05, 3.63) is 71.4 Å². The number of nitrogens with zero attached hydrogens (tertiary/aromatic N) is 4. The highest BCUT2D eigenvalue weighted by molar-refractivity contribution is 7.80. The maximum Gasteiger partial charge on any atom is 0.338 e. The Morgan fingerprint density at radius 1 is 1.07 bits per heavy atom. The number of aryl methyl sites for hydroxylation is 1. The number of hydrogen-bond acceptors (Lipinski definition) is 8. The summed E-state index contributed by atoms with van der Waals surface area (Å²) in [6, 6.07) is 14.1. The number of hydrogen-bond donors (Lipinski definition) is 2. The minimum absolute atomic E-state index is 0.00876. The van der Waals surface area contributed by atoms with E-state index in [4.69, 9.17) is 21.5 Å². The van der Waals surface area contributed by atoms with Gasteiger partial charge in [-0.2, -0.15) is 0 Å². The topological polar surface area (TPSA) is 138 Å². The van der Waals surface area contributed by atoms with Gasteiger partial charge in [-0.05, 0) is 73.1 Å². The molecule has 12 nitrogen and oxygen atoms in total. The van der Waals surface area contributed by atoms with E-state index >= 15 is 0 Å². The number of nitrogens with one attached hydrogen (secondary N) is 2. The van der Waals surface area contributed by atoms with E-state index in [0.29, 0.717) is 27.6 Å². The summed E-state index contributed by atoms with van der Waals surface area (Å²) >= 11 is 5.71. The van der Waals surface area contributed by atoms with E-state index < -0.39 is 17.9 Å². The molecule has 0 spiro atoms. The lowest BCUT2D eigenvalue weighted by molar-refractivity contribution is -0.746. The monoisotopic (exact) mass is 577 g/mol. The van der Waals surface area contributed by atoms with Crippen LogP contribution >= 0.6 is 12.2 Å².